The monoisotopic (exact) mass is 326 g/mol. The number of hydrogen-bond acceptors (Lipinski definition) is 3. The van der Waals surface area contributed by atoms with Gasteiger partial charge in [-0.25, -0.2) is 10.2 Å². The molecule has 0 aliphatic rings. The molecule has 2 atom stereocenters. The molecule has 0 fully saturated rings. The van der Waals surface area contributed by atoms with E-state index in [-0.39, 0.29) is 0 Å². The molecule has 0 radical (unpaired) electrons. The van der Waals surface area contributed by atoms with Crippen LogP contribution in [0.5, 0.6) is 0 Å². The van der Waals surface area contributed by atoms with E-state index in [1.54, 1.807) is 23.7 Å². The summed E-state index contributed by atoms with van der Waals surface area (Å²) in [7, 11) is -2.87. The number of carbonyl (C=O) groups is 1. The fourth-order valence-electron chi connectivity index (χ4n) is 2.50. The van der Waals surface area contributed by atoms with Crippen molar-refractivity contribution in [3.05, 3.63) is 30.3 Å². The number of hydrogen-bond donors (Lipinski definition) is 2. The molecule has 1 rings (SSSR count). The van der Waals surface area contributed by atoms with Crippen LogP contribution in [0.3, 0.4) is 0 Å². The van der Waals surface area contributed by atoms with Crippen LogP contribution < -0.4 is 10.8 Å². The van der Waals surface area contributed by atoms with E-state index in [0.717, 1.165) is 31.0 Å². The highest BCUT2D eigenvalue weighted by Gasteiger charge is 2.34. The van der Waals surface area contributed by atoms with Crippen LogP contribution in [0.4, 0.5) is 0 Å². The number of carbonyl (C=O) groups excluding carboxylic acids is 1. The molecule has 1 aromatic carbocycles. The van der Waals surface area contributed by atoms with Crippen LogP contribution in [-0.4, -0.2) is 35.0 Å². The molecule has 0 saturated heterocycles. The molecule has 5 nitrogen and oxygen atoms in total. The van der Waals surface area contributed by atoms with Gasteiger partial charge in [0.2, 0.25) is 0 Å². The summed E-state index contributed by atoms with van der Waals surface area (Å²) in [6, 6.07) is 8.56. The first-order valence-electron chi connectivity index (χ1n) is 7.79. The van der Waals surface area contributed by atoms with Crippen molar-refractivity contribution in [2.24, 2.45) is 0 Å². The number of unbranched alkanes of at least 4 members (excludes halogenated alkanes) is 3. The van der Waals surface area contributed by atoms with Crippen molar-refractivity contribution < 1.29 is 14.6 Å². The zero-order valence-electron chi connectivity index (χ0n) is 13.7. The van der Waals surface area contributed by atoms with E-state index in [4.69, 9.17) is 5.21 Å². The summed E-state index contributed by atoms with van der Waals surface area (Å²) in [5.41, 5.74) is 1.67. The van der Waals surface area contributed by atoms with Crippen molar-refractivity contribution in [3.63, 3.8) is 0 Å². The Morgan fingerprint density at radius 2 is 1.91 bits per heavy atom. The molecule has 0 aromatic heterocycles. The highest BCUT2D eigenvalue weighted by Crippen LogP contribution is 2.46. The highest BCUT2D eigenvalue weighted by molar-refractivity contribution is 7.68. The third-order valence-electron chi connectivity index (χ3n) is 3.90. The predicted octanol–water partition coefficient (Wildman–Crippen LogP) is 3.00. The summed E-state index contributed by atoms with van der Waals surface area (Å²) in [6.07, 6.45) is 4.15. The maximum atomic E-state index is 13.3. The Morgan fingerprint density at radius 3 is 2.45 bits per heavy atom. The Morgan fingerprint density at radius 1 is 1.27 bits per heavy atom. The first-order valence-corrected chi connectivity index (χ1v) is 9.90. The molecule has 0 saturated carbocycles. The SMILES string of the molecule is CCCCCCN([C@H](C)C(=O)NO)P(C)(=O)c1ccccc1. The zero-order valence-corrected chi connectivity index (χ0v) is 14.6. The Kier molecular flexibility index (Phi) is 7.80. The number of amides is 1. The fraction of sp³-hybridized carbons (Fsp3) is 0.562. The molecule has 1 amide bonds. The van der Waals surface area contributed by atoms with Gasteiger partial charge in [0, 0.05) is 18.5 Å². The van der Waals surface area contributed by atoms with E-state index in [9.17, 15) is 9.36 Å². The van der Waals surface area contributed by atoms with Gasteiger partial charge in [0.1, 0.15) is 0 Å². The summed E-state index contributed by atoms with van der Waals surface area (Å²) >= 11 is 0. The molecule has 124 valence electrons. The summed E-state index contributed by atoms with van der Waals surface area (Å²) in [4.78, 5) is 11.8. The highest BCUT2D eigenvalue weighted by atomic mass is 31.2. The van der Waals surface area contributed by atoms with Crippen LogP contribution in [0.2, 0.25) is 0 Å². The van der Waals surface area contributed by atoms with E-state index in [2.05, 4.69) is 6.92 Å². The van der Waals surface area contributed by atoms with Gasteiger partial charge in [-0.05, 0) is 13.3 Å². The smallest absolute Gasteiger partial charge is 0.260 e. The third kappa shape index (κ3) is 4.94. The number of nitrogens with zero attached hydrogens (tertiary/aromatic N) is 1. The molecule has 0 heterocycles. The Hall–Kier alpha value is -1.16. The molecule has 0 bridgehead atoms. The standard InChI is InChI=1S/C16H27N2O3P/c1-4-5-6-10-13-18(14(2)16(19)17-20)22(3,21)15-11-8-7-9-12-15/h7-9,11-12,14,20H,4-6,10,13H2,1-3H3,(H,17,19)/t14-,22?/m1/s1. The van der Waals surface area contributed by atoms with Gasteiger partial charge in [0.15, 0.2) is 7.29 Å². The van der Waals surface area contributed by atoms with E-state index in [1.807, 2.05) is 30.3 Å². The fourth-order valence-corrected chi connectivity index (χ4v) is 4.81. The Labute approximate surface area is 133 Å². The Bertz CT molecular complexity index is 507. The maximum Gasteiger partial charge on any atom is 0.260 e. The normalized spacial score (nSPS) is 15.3. The largest absolute Gasteiger partial charge is 0.302 e. The number of nitrogens with one attached hydrogen (secondary N) is 1. The average Bonchev–Trinajstić information content (AvgIpc) is 2.54. The van der Waals surface area contributed by atoms with Gasteiger partial charge in [0.25, 0.3) is 5.91 Å². The van der Waals surface area contributed by atoms with Crippen LogP contribution in [0, 0.1) is 0 Å². The van der Waals surface area contributed by atoms with E-state index < -0.39 is 19.2 Å². The van der Waals surface area contributed by atoms with Gasteiger partial charge in [-0.2, -0.15) is 0 Å². The van der Waals surface area contributed by atoms with Gasteiger partial charge in [-0.3, -0.25) is 10.0 Å². The van der Waals surface area contributed by atoms with Gasteiger partial charge in [-0.15, -0.1) is 0 Å². The van der Waals surface area contributed by atoms with Crippen LogP contribution in [0.15, 0.2) is 30.3 Å². The lowest BCUT2D eigenvalue weighted by atomic mass is 10.2. The van der Waals surface area contributed by atoms with Crippen molar-refractivity contribution in [3.8, 4) is 0 Å². The molecule has 1 aromatic rings. The van der Waals surface area contributed by atoms with Crippen molar-refractivity contribution >= 4 is 18.5 Å². The van der Waals surface area contributed by atoms with Crippen molar-refractivity contribution in [1.29, 1.82) is 0 Å². The number of rotatable bonds is 9. The third-order valence-corrected chi connectivity index (χ3v) is 6.69. The van der Waals surface area contributed by atoms with Crippen molar-refractivity contribution in [1.82, 2.24) is 10.2 Å². The Balaban J connectivity index is 2.97. The average molecular weight is 326 g/mol. The van der Waals surface area contributed by atoms with Crippen molar-refractivity contribution in [2.45, 2.75) is 45.6 Å². The topological polar surface area (TPSA) is 69.6 Å². The van der Waals surface area contributed by atoms with Crippen LogP contribution in [0.25, 0.3) is 0 Å². The first-order chi connectivity index (χ1) is 10.4. The minimum atomic E-state index is -2.87. The molecule has 2 N–H and O–H groups in total. The molecule has 1 unspecified atom stereocenters. The molecule has 0 aliphatic carbocycles. The van der Waals surface area contributed by atoms with Crippen molar-refractivity contribution in [2.75, 3.05) is 13.2 Å². The molecule has 6 heteroatoms. The summed E-state index contributed by atoms with van der Waals surface area (Å²) < 4.78 is 15.0. The molecule has 22 heavy (non-hydrogen) atoms. The van der Waals surface area contributed by atoms with Crippen LogP contribution >= 0.6 is 7.29 Å². The van der Waals surface area contributed by atoms with Gasteiger partial charge in [0.05, 0.1) is 6.04 Å². The lowest BCUT2D eigenvalue weighted by Gasteiger charge is -2.33. The molecule has 0 aliphatic heterocycles. The second-order valence-corrected chi connectivity index (χ2v) is 8.38. The predicted molar refractivity (Wildman–Crippen MR) is 89.8 cm³/mol. The molecular formula is C16H27N2O3P. The summed E-state index contributed by atoms with van der Waals surface area (Å²) in [5, 5.41) is 9.61. The van der Waals surface area contributed by atoms with E-state index in [0.29, 0.717) is 6.54 Å². The quantitative estimate of drug-likeness (QED) is 0.317. The lowest BCUT2D eigenvalue weighted by molar-refractivity contribution is -0.132. The molecule has 0 spiro atoms. The van der Waals surface area contributed by atoms with Gasteiger partial charge in [-0.1, -0.05) is 56.5 Å². The first kappa shape index (κ1) is 18.9. The second kappa shape index (κ2) is 9.09. The lowest BCUT2D eigenvalue weighted by Crippen LogP contribution is -2.44. The number of hydroxylamine groups is 1. The summed E-state index contributed by atoms with van der Waals surface area (Å²) in [5.74, 6) is -0.534. The van der Waals surface area contributed by atoms with Gasteiger partial charge < -0.3 is 4.57 Å². The maximum absolute atomic E-state index is 13.3. The van der Waals surface area contributed by atoms with E-state index in [1.165, 1.54) is 0 Å². The zero-order chi connectivity index (χ0) is 16.6. The van der Waals surface area contributed by atoms with Crippen LogP contribution in [0.1, 0.15) is 39.5 Å². The molecular weight excluding hydrogens is 299 g/mol. The van der Waals surface area contributed by atoms with E-state index >= 15 is 0 Å². The van der Waals surface area contributed by atoms with Gasteiger partial charge >= 0.3 is 0 Å². The minimum Gasteiger partial charge on any atom is -0.302 e. The number of benzene rings is 1. The minimum absolute atomic E-state index is 0.534. The van der Waals surface area contributed by atoms with Crippen LogP contribution in [-0.2, 0) is 9.36 Å². The second-order valence-electron chi connectivity index (χ2n) is 5.59. The summed E-state index contributed by atoms with van der Waals surface area (Å²) in [6.45, 7) is 6.05.